The smallest absolute Gasteiger partial charge is 0.341 e. The highest BCUT2D eigenvalue weighted by Crippen LogP contribution is 2.24. The quantitative estimate of drug-likeness (QED) is 0.650. The molecule has 0 aliphatic heterocycles. The number of halogens is 1. The standard InChI is InChI=1S/C18H18FNO4/c1-12(21)24-17-8-7-14(11-15(17)18(22)23-2)20-10-9-13-5-3-4-6-16(13)19/h3-8,11,20H,9-10H2,1-2H3. The van der Waals surface area contributed by atoms with Crippen molar-refractivity contribution in [2.75, 3.05) is 19.0 Å². The van der Waals surface area contributed by atoms with Crippen LogP contribution in [-0.4, -0.2) is 25.6 Å². The summed E-state index contributed by atoms with van der Waals surface area (Å²) in [4.78, 5) is 22.9. The van der Waals surface area contributed by atoms with Crippen molar-refractivity contribution in [1.29, 1.82) is 0 Å². The zero-order valence-electron chi connectivity index (χ0n) is 13.5. The van der Waals surface area contributed by atoms with Gasteiger partial charge in [-0.1, -0.05) is 18.2 Å². The number of anilines is 1. The van der Waals surface area contributed by atoms with Crippen LogP contribution in [0.1, 0.15) is 22.8 Å². The van der Waals surface area contributed by atoms with Crippen LogP contribution in [0.4, 0.5) is 10.1 Å². The molecule has 0 fully saturated rings. The number of benzene rings is 2. The molecule has 2 aromatic rings. The van der Waals surface area contributed by atoms with E-state index in [1.54, 1.807) is 24.3 Å². The zero-order valence-corrected chi connectivity index (χ0v) is 13.5. The van der Waals surface area contributed by atoms with E-state index in [4.69, 9.17) is 9.47 Å². The third-order valence-corrected chi connectivity index (χ3v) is 3.32. The van der Waals surface area contributed by atoms with Gasteiger partial charge in [-0.2, -0.15) is 0 Å². The molecule has 0 radical (unpaired) electrons. The SMILES string of the molecule is COC(=O)c1cc(NCCc2ccccc2F)ccc1OC(C)=O. The van der Waals surface area contributed by atoms with Gasteiger partial charge in [0.2, 0.25) is 0 Å². The number of carbonyl (C=O) groups is 2. The first-order valence-electron chi connectivity index (χ1n) is 7.39. The van der Waals surface area contributed by atoms with E-state index in [-0.39, 0.29) is 17.1 Å². The van der Waals surface area contributed by atoms with E-state index in [0.717, 1.165) is 0 Å². The molecule has 0 atom stereocenters. The highest BCUT2D eigenvalue weighted by Gasteiger charge is 2.15. The molecule has 0 aromatic heterocycles. The minimum Gasteiger partial charge on any atom is -0.465 e. The first-order valence-corrected chi connectivity index (χ1v) is 7.39. The van der Waals surface area contributed by atoms with Crippen LogP contribution in [0.3, 0.4) is 0 Å². The lowest BCUT2D eigenvalue weighted by molar-refractivity contribution is -0.131. The van der Waals surface area contributed by atoms with Crippen LogP contribution in [0.25, 0.3) is 0 Å². The number of ether oxygens (including phenoxy) is 2. The topological polar surface area (TPSA) is 64.6 Å². The lowest BCUT2D eigenvalue weighted by Crippen LogP contribution is -2.11. The van der Waals surface area contributed by atoms with Gasteiger partial charge in [0.05, 0.1) is 7.11 Å². The fourth-order valence-corrected chi connectivity index (χ4v) is 2.20. The van der Waals surface area contributed by atoms with Crippen molar-refractivity contribution in [3.05, 3.63) is 59.4 Å². The van der Waals surface area contributed by atoms with Gasteiger partial charge in [0, 0.05) is 19.2 Å². The van der Waals surface area contributed by atoms with E-state index in [1.807, 2.05) is 0 Å². The van der Waals surface area contributed by atoms with Crippen LogP contribution < -0.4 is 10.1 Å². The summed E-state index contributed by atoms with van der Waals surface area (Å²) >= 11 is 0. The minimum atomic E-state index is -0.607. The lowest BCUT2D eigenvalue weighted by Gasteiger charge is -2.11. The number of hydrogen-bond donors (Lipinski definition) is 1. The molecule has 0 aliphatic carbocycles. The van der Waals surface area contributed by atoms with E-state index in [1.165, 1.54) is 32.2 Å². The van der Waals surface area contributed by atoms with Crippen molar-refractivity contribution in [3.63, 3.8) is 0 Å². The highest BCUT2D eigenvalue weighted by atomic mass is 19.1. The second-order valence-electron chi connectivity index (χ2n) is 5.06. The lowest BCUT2D eigenvalue weighted by atomic mass is 10.1. The average molecular weight is 331 g/mol. The summed E-state index contributed by atoms with van der Waals surface area (Å²) in [6, 6.07) is 11.3. The Morgan fingerprint density at radius 3 is 2.58 bits per heavy atom. The highest BCUT2D eigenvalue weighted by molar-refractivity contribution is 5.94. The molecule has 2 aromatic carbocycles. The van der Waals surface area contributed by atoms with Crippen molar-refractivity contribution >= 4 is 17.6 Å². The summed E-state index contributed by atoms with van der Waals surface area (Å²) in [7, 11) is 1.25. The Morgan fingerprint density at radius 1 is 1.17 bits per heavy atom. The van der Waals surface area contributed by atoms with Crippen molar-refractivity contribution in [1.82, 2.24) is 0 Å². The number of esters is 2. The number of methoxy groups -OCH3 is 1. The van der Waals surface area contributed by atoms with Gasteiger partial charge in [-0.3, -0.25) is 4.79 Å². The van der Waals surface area contributed by atoms with Gasteiger partial charge in [-0.25, -0.2) is 9.18 Å². The van der Waals surface area contributed by atoms with Crippen LogP contribution in [-0.2, 0) is 16.0 Å². The molecule has 0 saturated carbocycles. The Bertz CT molecular complexity index is 746. The molecule has 24 heavy (non-hydrogen) atoms. The molecule has 0 heterocycles. The van der Waals surface area contributed by atoms with Crippen molar-refractivity contribution in [2.24, 2.45) is 0 Å². The summed E-state index contributed by atoms with van der Waals surface area (Å²) in [5, 5.41) is 3.11. The van der Waals surface area contributed by atoms with Crippen molar-refractivity contribution in [2.45, 2.75) is 13.3 Å². The van der Waals surface area contributed by atoms with Gasteiger partial charge in [-0.05, 0) is 36.2 Å². The zero-order chi connectivity index (χ0) is 17.5. The van der Waals surface area contributed by atoms with Gasteiger partial charge in [0.15, 0.2) is 0 Å². The largest absolute Gasteiger partial charge is 0.465 e. The summed E-state index contributed by atoms with van der Waals surface area (Å²) < 4.78 is 23.3. The third kappa shape index (κ3) is 4.55. The fourth-order valence-electron chi connectivity index (χ4n) is 2.20. The minimum absolute atomic E-state index is 0.133. The summed E-state index contributed by atoms with van der Waals surface area (Å²) in [5.41, 5.74) is 1.39. The van der Waals surface area contributed by atoms with Crippen LogP contribution in [0.5, 0.6) is 5.75 Å². The molecule has 0 aliphatic rings. The van der Waals surface area contributed by atoms with Crippen LogP contribution in [0, 0.1) is 5.82 Å². The normalized spacial score (nSPS) is 10.1. The molecule has 0 unspecified atom stereocenters. The summed E-state index contributed by atoms with van der Waals surface area (Å²) in [6.07, 6.45) is 0.492. The Kier molecular flexibility index (Phi) is 5.89. The third-order valence-electron chi connectivity index (χ3n) is 3.32. The summed E-state index contributed by atoms with van der Waals surface area (Å²) in [5.74, 6) is -1.25. The number of rotatable bonds is 6. The maximum Gasteiger partial charge on any atom is 0.341 e. The molecule has 5 nitrogen and oxygen atoms in total. The average Bonchev–Trinajstić information content (AvgIpc) is 2.56. The van der Waals surface area contributed by atoms with Crippen LogP contribution in [0.15, 0.2) is 42.5 Å². The molecule has 0 amide bonds. The van der Waals surface area contributed by atoms with Gasteiger partial charge >= 0.3 is 11.9 Å². The van der Waals surface area contributed by atoms with E-state index >= 15 is 0 Å². The molecule has 0 bridgehead atoms. The summed E-state index contributed by atoms with van der Waals surface area (Å²) in [6.45, 7) is 1.73. The van der Waals surface area contributed by atoms with Gasteiger partial charge in [0.25, 0.3) is 0 Å². The Labute approximate surface area is 139 Å². The molecule has 0 spiro atoms. The van der Waals surface area contributed by atoms with Crippen LogP contribution >= 0.6 is 0 Å². The second-order valence-corrected chi connectivity index (χ2v) is 5.06. The van der Waals surface area contributed by atoms with E-state index in [2.05, 4.69) is 5.32 Å². The molecular weight excluding hydrogens is 313 g/mol. The van der Waals surface area contributed by atoms with Gasteiger partial charge in [-0.15, -0.1) is 0 Å². The molecule has 126 valence electrons. The molecule has 6 heteroatoms. The van der Waals surface area contributed by atoms with Gasteiger partial charge < -0.3 is 14.8 Å². The Balaban J connectivity index is 2.09. The van der Waals surface area contributed by atoms with Crippen LogP contribution in [0.2, 0.25) is 0 Å². The first kappa shape index (κ1) is 17.5. The van der Waals surface area contributed by atoms with E-state index < -0.39 is 11.9 Å². The maximum atomic E-state index is 13.6. The predicted molar refractivity (Wildman–Crippen MR) is 87.7 cm³/mol. The monoisotopic (exact) mass is 331 g/mol. The molecule has 2 rings (SSSR count). The Hall–Kier alpha value is -2.89. The second kappa shape index (κ2) is 8.10. The number of hydrogen-bond acceptors (Lipinski definition) is 5. The molecular formula is C18H18FNO4. The first-order chi connectivity index (χ1) is 11.5. The number of carbonyl (C=O) groups excluding carboxylic acids is 2. The maximum absolute atomic E-state index is 13.6. The van der Waals surface area contributed by atoms with E-state index in [9.17, 15) is 14.0 Å². The van der Waals surface area contributed by atoms with Crippen molar-refractivity contribution < 1.29 is 23.5 Å². The van der Waals surface area contributed by atoms with Crippen molar-refractivity contribution in [3.8, 4) is 5.75 Å². The van der Waals surface area contributed by atoms with E-state index in [0.29, 0.717) is 24.2 Å². The van der Waals surface area contributed by atoms with Gasteiger partial charge in [0.1, 0.15) is 17.1 Å². The Morgan fingerprint density at radius 2 is 1.92 bits per heavy atom. The number of nitrogens with one attached hydrogen (secondary N) is 1. The fraction of sp³-hybridized carbons (Fsp3) is 0.222. The molecule has 1 N–H and O–H groups in total. The molecule has 0 saturated heterocycles. The predicted octanol–water partition coefficient (Wildman–Crippen LogP) is 3.19.